The van der Waals surface area contributed by atoms with Crippen molar-refractivity contribution in [2.45, 2.75) is 19.1 Å². The average Bonchev–Trinajstić information content (AvgIpc) is 2.51. The number of aromatic amines is 1. The minimum absolute atomic E-state index is 0.454. The number of hydrogen-bond acceptors (Lipinski definition) is 4. The topological polar surface area (TPSA) is 96.7 Å². The Bertz CT molecular complexity index is 358. The van der Waals surface area contributed by atoms with Crippen molar-refractivity contribution < 1.29 is 18.0 Å². The van der Waals surface area contributed by atoms with E-state index >= 15 is 0 Å². The number of aromatic nitrogens is 3. The number of rotatable bonds is 2. The molecule has 0 spiro atoms. The molecule has 1 amide bonds. The van der Waals surface area contributed by atoms with E-state index in [9.17, 15) is 18.0 Å². The second-order valence-electron chi connectivity index (χ2n) is 2.78. The molecule has 0 aromatic carbocycles. The van der Waals surface area contributed by atoms with Gasteiger partial charge in [-0.15, -0.1) is 5.10 Å². The van der Waals surface area contributed by atoms with Crippen molar-refractivity contribution in [2.24, 2.45) is 5.73 Å². The summed E-state index contributed by atoms with van der Waals surface area (Å²) in [6.07, 6.45) is -4.62. The third-order valence-corrected chi connectivity index (χ3v) is 1.40. The highest BCUT2D eigenvalue weighted by molar-refractivity contribution is 5.92. The molecule has 0 unspecified atom stereocenters. The number of halogens is 3. The summed E-state index contributed by atoms with van der Waals surface area (Å²) >= 11 is 0. The molecular weight excluding hydrogens is 215 g/mol. The van der Waals surface area contributed by atoms with Crippen LogP contribution in [0.15, 0.2) is 0 Å². The molecule has 1 rings (SSSR count). The van der Waals surface area contributed by atoms with Gasteiger partial charge in [0.25, 0.3) is 0 Å². The van der Waals surface area contributed by atoms with Gasteiger partial charge in [0, 0.05) is 0 Å². The molecule has 0 saturated heterocycles. The fraction of sp³-hybridized carbons (Fsp3) is 0.500. The van der Waals surface area contributed by atoms with Crippen LogP contribution in [0.2, 0.25) is 0 Å². The zero-order chi connectivity index (χ0) is 11.6. The molecule has 1 aromatic heterocycles. The zero-order valence-electron chi connectivity index (χ0n) is 7.59. The lowest BCUT2D eigenvalue weighted by atomic mass is 10.3. The molecule has 9 heteroatoms. The van der Waals surface area contributed by atoms with Gasteiger partial charge in [0.1, 0.15) is 0 Å². The van der Waals surface area contributed by atoms with E-state index in [2.05, 4.69) is 10.1 Å². The number of H-pyrrole nitrogens is 1. The molecule has 4 N–H and O–H groups in total. The van der Waals surface area contributed by atoms with Gasteiger partial charge in [-0.2, -0.15) is 18.2 Å². The van der Waals surface area contributed by atoms with Crippen molar-refractivity contribution in [1.82, 2.24) is 15.2 Å². The Labute approximate surface area is 82.1 Å². The first-order valence-corrected chi connectivity index (χ1v) is 3.86. The fourth-order valence-electron chi connectivity index (χ4n) is 0.669. The Morgan fingerprint density at radius 2 is 2.20 bits per heavy atom. The number of amides is 1. The van der Waals surface area contributed by atoms with Crippen molar-refractivity contribution in [2.75, 3.05) is 5.32 Å². The summed E-state index contributed by atoms with van der Waals surface area (Å²) in [5, 5.41) is 6.83. The van der Waals surface area contributed by atoms with Crippen LogP contribution in [0, 0.1) is 0 Å². The standard InChI is InChI=1S/C6H8F3N5O/c1-2(10)3(15)11-5-12-4(13-14-5)6(7,8)9/h2H,10H2,1H3,(H2,11,12,13,14,15)/t2-/m1/s1. The van der Waals surface area contributed by atoms with Crippen LogP contribution in [0.25, 0.3) is 0 Å². The van der Waals surface area contributed by atoms with Crippen LogP contribution < -0.4 is 11.1 Å². The molecule has 6 nitrogen and oxygen atoms in total. The summed E-state index contributed by atoms with van der Waals surface area (Å²) in [4.78, 5) is 14.0. The van der Waals surface area contributed by atoms with Crippen LogP contribution in [-0.2, 0) is 11.0 Å². The number of carbonyl (C=O) groups is 1. The molecule has 84 valence electrons. The molecule has 0 aliphatic carbocycles. The molecule has 0 radical (unpaired) electrons. The first-order chi connectivity index (χ1) is 6.80. The largest absolute Gasteiger partial charge is 0.451 e. The number of anilines is 1. The van der Waals surface area contributed by atoms with Crippen LogP contribution >= 0.6 is 0 Å². The van der Waals surface area contributed by atoms with Crippen molar-refractivity contribution in [3.8, 4) is 0 Å². The van der Waals surface area contributed by atoms with Crippen LogP contribution in [0.1, 0.15) is 12.7 Å². The summed E-state index contributed by atoms with van der Waals surface area (Å²) in [5.74, 6) is -2.39. The molecule has 0 aliphatic rings. The third kappa shape index (κ3) is 2.91. The van der Waals surface area contributed by atoms with E-state index in [4.69, 9.17) is 5.73 Å². The van der Waals surface area contributed by atoms with Gasteiger partial charge in [-0.25, -0.2) is 0 Å². The highest BCUT2D eigenvalue weighted by atomic mass is 19.4. The first-order valence-electron chi connectivity index (χ1n) is 3.86. The van der Waals surface area contributed by atoms with E-state index in [0.29, 0.717) is 0 Å². The lowest BCUT2D eigenvalue weighted by Gasteiger charge is -2.02. The summed E-state index contributed by atoms with van der Waals surface area (Å²) in [5.41, 5.74) is 5.18. The van der Waals surface area contributed by atoms with Gasteiger partial charge in [0.15, 0.2) is 0 Å². The number of nitrogens with one attached hydrogen (secondary N) is 2. The number of hydrogen-bond donors (Lipinski definition) is 3. The fourth-order valence-corrected chi connectivity index (χ4v) is 0.669. The maximum Gasteiger partial charge on any atom is 0.451 e. The zero-order valence-corrected chi connectivity index (χ0v) is 7.59. The molecule has 0 saturated carbocycles. The van der Waals surface area contributed by atoms with Gasteiger partial charge in [0.2, 0.25) is 17.7 Å². The van der Waals surface area contributed by atoms with E-state index in [-0.39, 0.29) is 0 Å². The number of carbonyl (C=O) groups excluding carboxylic acids is 1. The maximum atomic E-state index is 12.0. The molecule has 1 aromatic rings. The van der Waals surface area contributed by atoms with Gasteiger partial charge in [0.05, 0.1) is 6.04 Å². The molecule has 15 heavy (non-hydrogen) atoms. The third-order valence-electron chi connectivity index (χ3n) is 1.40. The maximum absolute atomic E-state index is 12.0. The lowest BCUT2D eigenvalue weighted by Crippen LogP contribution is -2.32. The van der Waals surface area contributed by atoms with Gasteiger partial charge in [-0.1, -0.05) is 0 Å². The van der Waals surface area contributed by atoms with E-state index in [1.807, 2.05) is 5.32 Å². The highest BCUT2D eigenvalue weighted by Crippen LogP contribution is 2.26. The Kier molecular flexibility index (Phi) is 2.93. The molecule has 0 fully saturated rings. The molecule has 0 aliphatic heterocycles. The van der Waals surface area contributed by atoms with Crippen LogP contribution in [0.3, 0.4) is 0 Å². The van der Waals surface area contributed by atoms with Crippen molar-refractivity contribution >= 4 is 11.9 Å². The Morgan fingerprint density at radius 3 is 2.60 bits per heavy atom. The van der Waals surface area contributed by atoms with Crippen molar-refractivity contribution in [3.63, 3.8) is 0 Å². The van der Waals surface area contributed by atoms with Crippen LogP contribution in [0.4, 0.5) is 19.1 Å². The van der Waals surface area contributed by atoms with E-state index in [0.717, 1.165) is 0 Å². The minimum Gasteiger partial charge on any atom is -0.320 e. The van der Waals surface area contributed by atoms with Gasteiger partial charge in [-0.3, -0.25) is 15.2 Å². The second-order valence-corrected chi connectivity index (χ2v) is 2.78. The summed E-state index contributed by atoms with van der Waals surface area (Å²) in [6, 6.07) is -0.849. The predicted molar refractivity (Wildman–Crippen MR) is 43.7 cm³/mol. The van der Waals surface area contributed by atoms with Crippen LogP contribution in [-0.4, -0.2) is 27.1 Å². The number of nitrogens with two attached hydrogens (primary N) is 1. The second kappa shape index (κ2) is 3.85. The predicted octanol–water partition coefficient (Wildman–Crippen LogP) is 0.109. The van der Waals surface area contributed by atoms with E-state index < -0.39 is 29.9 Å². The SMILES string of the molecule is C[C@@H](N)C(=O)Nc1n[nH]c(C(F)(F)F)n1. The Morgan fingerprint density at radius 1 is 1.60 bits per heavy atom. The van der Waals surface area contributed by atoms with Gasteiger partial charge < -0.3 is 5.73 Å². The summed E-state index contributed by atoms with van der Waals surface area (Å²) in [7, 11) is 0. The van der Waals surface area contributed by atoms with Crippen molar-refractivity contribution in [1.29, 1.82) is 0 Å². The summed E-state index contributed by atoms with van der Waals surface area (Å²) in [6.45, 7) is 1.38. The number of nitrogens with zero attached hydrogens (tertiary/aromatic N) is 2. The average molecular weight is 223 g/mol. The van der Waals surface area contributed by atoms with E-state index in [1.165, 1.54) is 6.92 Å². The molecule has 1 heterocycles. The van der Waals surface area contributed by atoms with Crippen molar-refractivity contribution in [3.05, 3.63) is 5.82 Å². The molecule has 1 atom stereocenters. The lowest BCUT2D eigenvalue weighted by molar-refractivity contribution is -0.144. The summed E-state index contributed by atoms with van der Waals surface area (Å²) < 4.78 is 36.1. The van der Waals surface area contributed by atoms with Gasteiger partial charge >= 0.3 is 6.18 Å². The first kappa shape index (κ1) is 11.4. The monoisotopic (exact) mass is 223 g/mol. The van der Waals surface area contributed by atoms with Gasteiger partial charge in [-0.05, 0) is 6.92 Å². The van der Waals surface area contributed by atoms with Crippen LogP contribution in [0.5, 0.6) is 0 Å². The normalized spacial score (nSPS) is 13.7. The van der Waals surface area contributed by atoms with E-state index in [1.54, 1.807) is 5.10 Å². The Hall–Kier alpha value is -1.64. The molecule has 0 bridgehead atoms. The highest BCUT2D eigenvalue weighted by Gasteiger charge is 2.35. The Balaban J connectivity index is 2.73. The quantitative estimate of drug-likeness (QED) is 0.662. The smallest absolute Gasteiger partial charge is 0.320 e. The minimum atomic E-state index is -4.62. The molecular formula is C6H8F3N5O. The number of alkyl halides is 3.